The molecule has 0 heteroatoms. The molecule has 0 heterocycles. The van der Waals surface area contributed by atoms with Gasteiger partial charge in [-0.25, -0.2) is 0 Å². The van der Waals surface area contributed by atoms with Crippen molar-refractivity contribution >= 4 is 0 Å². The van der Waals surface area contributed by atoms with Gasteiger partial charge in [0.15, 0.2) is 0 Å². The van der Waals surface area contributed by atoms with Gasteiger partial charge >= 0.3 is 0 Å². The van der Waals surface area contributed by atoms with E-state index in [9.17, 15) is 0 Å². The van der Waals surface area contributed by atoms with E-state index in [1.807, 2.05) is 12.2 Å². The van der Waals surface area contributed by atoms with E-state index < -0.39 is 6.85 Å². The zero-order chi connectivity index (χ0) is 10.1. The van der Waals surface area contributed by atoms with Crippen molar-refractivity contribution in [3.63, 3.8) is 0 Å². The summed E-state index contributed by atoms with van der Waals surface area (Å²) in [5, 5.41) is 0. The maximum Gasteiger partial charge on any atom is 0.0280 e. The Hall–Kier alpha value is -0.520. The summed E-state index contributed by atoms with van der Waals surface area (Å²) < 4.78 is 21.6. The third kappa shape index (κ3) is 1.73. The van der Waals surface area contributed by atoms with Crippen LogP contribution in [0.5, 0.6) is 0 Å². The lowest BCUT2D eigenvalue weighted by Gasteiger charge is -2.17. The molecule has 0 nitrogen and oxygen atoms in total. The summed E-state index contributed by atoms with van der Waals surface area (Å²) in [5.74, 6) is 1.09. The van der Waals surface area contributed by atoms with Crippen molar-refractivity contribution in [3.05, 3.63) is 23.8 Å². The topological polar surface area (TPSA) is 0 Å². The summed E-state index contributed by atoms with van der Waals surface area (Å²) in [7, 11) is 0. The van der Waals surface area contributed by atoms with Crippen LogP contribution in [0.25, 0.3) is 0 Å². The van der Waals surface area contributed by atoms with Crippen LogP contribution in [0, 0.1) is 11.8 Å². The van der Waals surface area contributed by atoms with Crippen LogP contribution in [0.4, 0.5) is 0 Å². The van der Waals surface area contributed by atoms with Crippen LogP contribution >= 0.6 is 0 Å². The molecule has 0 bridgehead atoms. The van der Waals surface area contributed by atoms with E-state index in [4.69, 9.17) is 4.11 Å². The average Bonchev–Trinajstić information content (AvgIpc) is 2.03. The molecule has 0 aliphatic heterocycles. The first-order chi connectivity index (χ1) is 5.91. The number of rotatable bonds is 1. The van der Waals surface area contributed by atoms with E-state index in [-0.39, 0.29) is 0 Å². The van der Waals surface area contributed by atoms with Crippen molar-refractivity contribution in [3.8, 4) is 0 Å². The zero-order valence-electron chi connectivity index (χ0n) is 9.59. The lowest BCUT2D eigenvalue weighted by atomic mass is 9.88. The van der Waals surface area contributed by atoms with Gasteiger partial charge in [-0.3, -0.25) is 0 Å². The maximum atomic E-state index is 7.21. The molecule has 0 radical (unpaired) electrons. The highest BCUT2D eigenvalue weighted by molar-refractivity contribution is 5.21. The van der Waals surface area contributed by atoms with Gasteiger partial charge in [-0.05, 0) is 25.1 Å². The van der Waals surface area contributed by atoms with E-state index in [0.717, 1.165) is 6.42 Å². The first-order valence-electron chi connectivity index (χ1n) is 5.30. The van der Waals surface area contributed by atoms with Gasteiger partial charge in [0.1, 0.15) is 0 Å². The molecule has 0 saturated carbocycles. The molecule has 1 atom stereocenters. The first kappa shape index (κ1) is 4.38. The molecule has 1 unspecified atom stereocenters. The van der Waals surface area contributed by atoms with Crippen LogP contribution in [0.15, 0.2) is 23.8 Å². The summed E-state index contributed by atoms with van der Waals surface area (Å²) in [6.07, 6.45) is 6.48. The van der Waals surface area contributed by atoms with Crippen molar-refractivity contribution in [1.29, 1.82) is 0 Å². The Balaban J connectivity index is 2.66. The smallest absolute Gasteiger partial charge is 0.0280 e. The Morgan fingerprint density at radius 1 is 1.70 bits per heavy atom. The third-order valence-corrected chi connectivity index (χ3v) is 1.99. The molecule has 0 spiro atoms. The minimum absolute atomic E-state index is 0.490. The first-order valence-corrected chi connectivity index (χ1v) is 3.80. The van der Waals surface area contributed by atoms with E-state index in [1.165, 1.54) is 0 Å². The van der Waals surface area contributed by atoms with Gasteiger partial charge in [0.25, 0.3) is 0 Å². The molecule has 0 amide bonds. The second kappa shape index (κ2) is 3.05. The minimum atomic E-state index is -1.93. The average molecular weight is 139 g/mol. The fourth-order valence-corrected chi connectivity index (χ4v) is 1.13. The van der Waals surface area contributed by atoms with Crippen LogP contribution in [-0.4, -0.2) is 0 Å². The molecule has 1 aliphatic carbocycles. The molecule has 56 valence electrons. The summed E-state index contributed by atoms with van der Waals surface area (Å²) >= 11 is 0. The molecule has 0 N–H and O–H groups in total. The van der Waals surface area contributed by atoms with Gasteiger partial charge in [-0.2, -0.15) is 0 Å². The van der Waals surface area contributed by atoms with Crippen LogP contribution in [0.3, 0.4) is 0 Å². The minimum Gasteiger partial charge on any atom is -0.0810 e. The highest BCUT2D eigenvalue weighted by Crippen LogP contribution is 2.22. The van der Waals surface area contributed by atoms with Crippen molar-refractivity contribution in [1.82, 2.24) is 0 Å². The predicted octanol–water partition coefficient (Wildman–Crippen LogP) is 3.16. The highest BCUT2D eigenvalue weighted by Gasteiger charge is 2.10. The van der Waals surface area contributed by atoms with Crippen molar-refractivity contribution in [2.24, 2.45) is 11.8 Å². The van der Waals surface area contributed by atoms with Gasteiger partial charge in [-0.1, -0.05) is 37.6 Å². The van der Waals surface area contributed by atoms with Gasteiger partial charge in [-0.15, -0.1) is 0 Å². The van der Waals surface area contributed by atoms with Crippen LogP contribution in [0.1, 0.15) is 31.2 Å². The Bertz CT molecular complexity index is 233. The van der Waals surface area contributed by atoms with Crippen molar-refractivity contribution in [2.45, 2.75) is 27.1 Å². The number of allylic oxidation sites excluding steroid dienone is 4. The fraction of sp³-hybridized carbons (Fsp3) is 0.600. The SMILES string of the molecule is [2H]C([2H])([2H])C1=CCC(C(C)C)C=C1. The lowest BCUT2D eigenvalue weighted by molar-refractivity contribution is 0.466. The van der Waals surface area contributed by atoms with Gasteiger partial charge < -0.3 is 0 Å². The molecular weight excluding hydrogens is 120 g/mol. The third-order valence-electron chi connectivity index (χ3n) is 1.99. The molecule has 0 aromatic heterocycles. The molecular formula is C10H16. The second-order valence-electron chi connectivity index (χ2n) is 3.16. The van der Waals surface area contributed by atoms with E-state index >= 15 is 0 Å². The maximum absolute atomic E-state index is 7.21. The normalized spacial score (nSPS) is 30.9. The predicted molar refractivity (Wildman–Crippen MR) is 45.8 cm³/mol. The Morgan fingerprint density at radius 2 is 2.50 bits per heavy atom. The monoisotopic (exact) mass is 139 g/mol. The fourth-order valence-electron chi connectivity index (χ4n) is 1.13. The molecule has 0 aromatic rings. The van der Waals surface area contributed by atoms with Crippen molar-refractivity contribution in [2.75, 3.05) is 0 Å². The van der Waals surface area contributed by atoms with Crippen LogP contribution < -0.4 is 0 Å². The standard InChI is InChI=1S/C10H16/c1-8(2)10-6-4-9(3)5-7-10/h4-6,8,10H,7H2,1-3H3/i3D3. The Morgan fingerprint density at radius 3 is 2.90 bits per heavy atom. The van der Waals surface area contributed by atoms with Crippen molar-refractivity contribution < 1.29 is 4.11 Å². The summed E-state index contributed by atoms with van der Waals surface area (Å²) in [5.41, 5.74) is 0.490. The van der Waals surface area contributed by atoms with Gasteiger partial charge in [0.2, 0.25) is 0 Å². The number of hydrogen-bond acceptors (Lipinski definition) is 0. The number of hydrogen-bond donors (Lipinski definition) is 0. The van der Waals surface area contributed by atoms with Crippen LogP contribution in [0.2, 0.25) is 0 Å². The molecule has 1 rings (SSSR count). The van der Waals surface area contributed by atoms with Gasteiger partial charge in [0.05, 0.1) is 0 Å². The molecule has 0 saturated heterocycles. The summed E-state index contributed by atoms with van der Waals surface area (Å²) in [4.78, 5) is 0. The van der Waals surface area contributed by atoms with E-state index in [1.54, 1.807) is 6.08 Å². The Labute approximate surface area is 67.9 Å². The largest absolute Gasteiger partial charge is 0.0810 e. The second-order valence-corrected chi connectivity index (χ2v) is 3.16. The summed E-state index contributed by atoms with van der Waals surface area (Å²) in [6.45, 7) is 2.38. The zero-order valence-corrected chi connectivity index (χ0v) is 6.59. The summed E-state index contributed by atoms with van der Waals surface area (Å²) in [6, 6.07) is 0. The lowest BCUT2D eigenvalue weighted by Crippen LogP contribution is -2.06. The Kier molecular flexibility index (Phi) is 1.33. The van der Waals surface area contributed by atoms with Crippen LogP contribution in [-0.2, 0) is 0 Å². The molecule has 10 heavy (non-hydrogen) atoms. The highest BCUT2D eigenvalue weighted by atomic mass is 14.1. The van der Waals surface area contributed by atoms with E-state index in [2.05, 4.69) is 13.8 Å². The quantitative estimate of drug-likeness (QED) is 0.523. The van der Waals surface area contributed by atoms with E-state index in [0.29, 0.717) is 17.4 Å². The molecule has 1 aliphatic rings. The molecule has 0 fully saturated rings. The van der Waals surface area contributed by atoms with Gasteiger partial charge in [0, 0.05) is 4.11 Å². The molecule has 0 aromatic carbocycles.